The first-order valence-electron chi connectivity index (χ1n) is 14.9. The Labute approximate surface area is 251 Å². The minimum absolute atomic E-state index is 0.354. The lowest BCUT2D eigenvalue weighted by atomic mass is 9.70. The molecule has 9 rings (SSSR count). The van der Waals surface area contributed by atoms with Gasteiger partial charge in [0.05, 0.1) is 16.8 Å². The Morgan fingerprint density at radius 3 is 1.21 bits per heavy atom. The lowest BCUT2D eigenvalue weighted by Crippen LogP contribution is -2.25. The van der Waals surface area contributed by atoms with Crippen molar-refractivity contribution in [2.45, 2.75) is 5.41 Å². The number of aromatic nitrogens is 1. The van der Waals surface area contributed by atoms with Gasteiger partial charge in [-0.2, -0.15) is 0 Å². The van der Waals surface area contributed by atoms with Crippen LogP contribution in [0.25, 0.3) is 55.9 Å². The Kier molecular flexibility index (Phi) is 5.18. The molecule has 0 aliphatic heterocycles. The average Bonchev–Trinajstić information content (AvgIpc) is 3.56. The molecule has 0 amide bonds. The fraction of sp³-hybridized carbons (Fsp3) is 0.0238. The molecule has 0 N–H and O–H groups in total. The van der Waals surface area contributed by atoms with Crippen LogP contribution < -0.4 is 0 Å². The zero-order chi connectivity index (χ0) is 28.4. The van der Waals surface area contributed by atoms with Crippen molar-refractivity contribution in [1.82, 2.24) is 4.98 Å². The van der Waals surface area contributed by atoms with Crippen molar-refractivity contribution in [2.75, 3.05) is 0 Å². The fourth-order valence-electron chi connectivity index (χ4n) is 7.49. The highest BCUT2D eigenvalue weighted by Crippen LogP contribution is 2.63. The van der Waals surface area contributed by atoms with Crippen molar-refractivity contribution >= 4 is 0 Å². The maximum Gasteiger partial charge on any atom is 0.0725 e. The van der Waals surface area contributed by atoms with Crippen molar-refractivity contribution in [3.8, 4) is 55.9 Å². The molecule has 200 valence electrons. The number of hydrogen-bond acceptors (Lipinski definition) is 1. The Morgan fingerprint density at radius 2 is 0.721 bits per heavy atom. The minimum Gasteiger partial charge on any atom is -0.248 e. The van der Waals surface area contributed by atoms with Crippen molar-refractivity contribution in [3.05, 3.63) is 186 Å². The van der Waals surface area contributed by atoms with Gasteiger partial charge in [0.15, 0.2) is 0 Å². The van der Waals surface area contributed by atoms with E-state index in [1.165, 1.54) is 55.6 Å². The molecule has 7 aromatic rings. The number of nitrogens with zero attached hydrogens (tertiary/aromatic N) is 1. The fourth-order valence-corrected chi connectivity index (χ4v) is 7.49. The lowest BCUT2D eigenvalue weighted by Gasteiger charge is -2.30. The predicted octanol–water partition coefficient (Wildman–Crippen LogP) is 10.4. The van der Waals surface area contributed by atoms with Gasteiger partial charge < -0.3 is 0 Å². The highest BCUT2D eigenvalue weighted by molar-refractivity contribution is 5.96. The van der Waals surface area contributed by atoms with Gasteiger partial charge in [0.25, 0.3) is 0 Å². The normalized spacial score (nSPS) is 13.3. The summed E-state index contributed by atoms with van der Waals surface area (Å²) in [4.78, 5) is 5.13. The first-order valence-corrected chi connectivity index (χ1v) is 14.9. The van der Waals surface area contributed by atoms with E-state index in [2.05, 4.69) is 164 Å². The molecule has 0 saturated heterocycles. The van der Waals surface area contributed by atoms with Crippen LogP contribution in [-0.4, -0.2) is 4.98 Å². The summed E-state index contributed by atoms with van der Waals surface area (Å²) in [6.45, 7) is 0. The SMILES string of the molecule is c1ccc(-c2cc(-c3ccc4c(c3)C3(c5ccccc5-c5ccccc53)c3ccccc3-4)cc(-c3ccccc3)n2)cc1. The van der Waals surface area contributed by atoms with Crippen LogP contribution in [0.15, 0.2) is 164 Å². The summed E-state index contributed by atoms with van der Waals surface area (Å²) >= 11 is 0. The van der Waals surface area contributed by atoms with Crippen LogP contribution >= 0.6 is 0 Å². The topological polar surface area (TPSA) is 12.9 Å². The number of rotatable bonds is 3. The second-order valence-corrected chi connectivity index (χ2v) is 11.5. The summed E-state index contributed by atoms with van der Waals surface area (Å²) < 4.78 is 0. The van der Waals surface area contributed by atoms with E-state index in [4.69, 9.17) is 4.98 Å². The molecule has 0 atom stereocenters. The second-order valence-electron chi connectivity index (χ2n) is 11.5. The molecule has 0 bridgehead atoms. The third kappa shape index (κ3) is 3.43. The van der Waals surface area contributed by atoms with E-state index in [0.717, 1.165) is 22.5 Å². The number of benzene rings is 6. The van der Waals surface area contributed by atoms with Crippen LogP contribution in [0.2, 0.25) is 0 Å². The van der Waals surface area contributed by atoms with E-state index in [1.54, 1.807) is 0 Å². The van der Waals surface area contributed by atoms with Gasteiger partial charge in [-0.05, 0) is 73.8 Å². The van der Waals surface area contributed by atoms with E-state index in [9.17, 15) is 0 Å². The number of fused-ring (bicyclic) bond motifs is 10. The largest absolute Gasteiger partial charge is 0.248 e. The minimum atomic E-state index is -0.354. The van der Waals surface area contributed by atoms with E-state index in [0.29, 0.717) is 0 Å². The molecular weight excluding hydrogens is 518 g/mol. The molecular formula is C42H27N. The van der Waals surface area contributed by atoms with Gasteiger partial charge in [-0.15, -0.1) is 0 Å². The van der Waals surface area contributed by atoms with Crippen molar-refractivity contribution < 1.29 is 0 Å². The second kappa shape index (κ2) is 9.24. The van der Waals surface area contributed by atoms with Gasteiger partial charge in [0, 0.05) is 11.1 Å². The summed E-state index contributed by atoms with van der Waals surface area (Å²) in [7, 11) is 0. The van der Waals surface area contributed by atoms with Gasteiger partial charge in [0.2, 0.25) is 0 Å². The molecule has 1 aromatic heterocycles. The van der Waals surface area contributed by atoms with E-state index < -0.39 is 0 Å². The zero-order valence-electron chi connectivity index (χ0n) is 23.5. The van der Waals surface area contributed by atoms with Gasteiger partial charge in [-0.1, -0.05) is 146 Å². The summed E-state index contributed by atoms with van der Waals surface area (Å²) in [5.41, 5.74) is 16.9. The first-order chi connectivity index (χ1) is 21.3. The van der Waals surface area contributed by atoms with E-state index in [-0.39, 0.29) is 5.41 Å². The van der Waals surface area contributed by atoms with Crippen molar-refractivity contribution in [1.29, 1.82) is 0 Å². The van der Waals surface area contributed by atoms with Crippen LogP contribution in [0.5, 0.6) is 0 Å². The molecule has 0 fully saturated rings. The predicted molar refractivity (Wildman–Crippen MR) is 177 cm³/mol. The first kappa shape index (κ1) is 24.1. The van der Waals surface area contributed by atoms with Crippen LogP contribution in [0.4, 0.5) is 0 Å². The van der Waals surface area contributed by atoms with Gasteiger partial charge >= 0.3 is 0 Å². The molecule has 1 heterocycles. The van der Waals surface area contributed by atoms with Gasteiger partial charge in [0.1, 0.15) is 0 Å². The summed E-state index contributed by atoms with van der Waals surface area (Å²) in [6.07, 6.45) is 0. The smallest absolute Gasteiger partial charge is 0.0725 e. The maximum absolute atomic E-state index is 5.13. The Balaban J connectivity index is 1.32. The van der Waals surface area contributed by atoms with E-state index >= 15 is 0 Å². The highest BCUT2D eigenvalue weighted by Gasteiger charge is 2.51. The highest BCUT2D eigenvalue weighted by atomic mass is 14.7. The monoisotopic (exact) mass is 545 g/mol. The van der Waals surface area contributed by atoms with Crippen molar-refractivity contribution in [3.63, 3.8) is 0 Å². The molecule has 0 radical (unpaired) electrons. The maximum atomic E-state index is 5.13. The molecule has 1 heteroatoms. The lowest BCUT2D eigenvalue weighted by molar-refractivity contribution is 0.794. The Morgan fingerprint density at radius 1 is 0.302 bits per heavy atom. The molecule has 2 aliphatic carbocycles. The molecule has 2 aliphatic rings. The van der Waals surface area contributed by atoms with Crippen LogP contribution in [0.3, 0.4) is 0 Å². The van der Waals surface area contributed by atoms with Gasteiger partial charge in [-0.3, -0.25) is 0 Å². The summed E-state index contributed by atoms with van der Waals surface area (Å²) in [5, 5.41) is 0. The molecule has 6 aromatic carbocycles. The Hall–Kier alpha value is -5.53. The van der Waals surface area contributed by atoms with Crippen LogP contribution in [0.1, 0.15) is 22.3 Å². The summed E-state index contributed by atoms with van der Waals surface area (Å²) in [6, 6.07) is 59.5. The van der Waals surface area contributed by atoms with Crippen LogP contribution in [0, 0.1) is 0 Å². The van der Waals surface area contributed by atoms with Crippen molar-refractivity contribution in [2.24, 2.45) is 0 Å². The third-order valence-electron chi connectivity index (χ3n) is 9.29. The standard InChI is InChI=1S/C42H27N/c1-3-13-28(14-4-1)40-26-31(27-41(43-40)29-15-5-2-6-16-29)30-23-24-35-34-19-9-12-22-38(34)42(39(35)25-30)36-20-10-7-17-32(36)33-18-8-11-21-37(33)42/h1-27H. The molecule has 0 unspecified atom stereocenters. The molecule has 43 heavy (non-hydrogen) atoms. The molecule has 0 saturated carbocycles. The quantitative estimate of drug-likeness (QED) is 0.215. The summed E-state index contributed by atoms with van der Waals surface area (Å²) in [5.74, 6) is 0. The Bertz CT molecular complexity index is 2050. The number of pyridine rings is 1. The average molecular weight is 546 g/mol. The number of hydrogen-bond donors (Lipinski definition) is 0. The van der Waals surface area contributed by atoms with E-state index in [1.807, 2.05) is 0 Å². The third-order valence-corrected chi connectivity index (χ3v) is 9.29. The van der Waals surface area contributed by atoms with Crippen LogP contribution in [-0.2, 0) is 5.41 Å². The zero-order valence-corrected chi connectivity index (χ0v) is 23.5. The molecule has 1 spiro atoms. The van der Waals surface area contributed by atoms with Gasteiger partial charge in [-0.25, -0.2) is 4.98 Å². The molecule has 1 nitrogen and oxygen atoms in total.